The maximum atomic E-state index is 5.98. The molecule has 1 rings (SSSR count). The molecule has 0 radical (unpaired) electrons. The number of nitrogen functional groups attached to an aromatic ring is 1. The van der Waals surface area contributed by atoms with E-state index in [1.807, 2.05) is 19.1 Å². The summed E-state index contributed by atoms with van der Waals surface area (Å²) in [4.78, 5) is 0. The van der Waals surface area contributed by atoms with Gasteiger partial charge >= 0.3 is 0 Å². The maximum absolute atomic E-state index is 5.98. The zero-order valence-corrected chi connectivity index (χ0v) is 8.38. The molecule has 1 aromatic carbocycles. The van der Waals surface area contributed by atoms with E-state index in [1.165, 1.54) is 5.56 Å². The fraction of sp³-hybridized carbons (Fsp3) is 0.455. The average molecular weight is 178 g/mol. The van der Waals surface area contributed by atoms with Gasteiger partial charge in [-0.1, -0.05) is 25.5 Å². The lowest BCUT2D eigenvalue weighted by molar-refractivity contribution is 0.638. The van der Waals surface area contributed by atoms with E-state index in [0.717, 1.165) is 24.1 Å². The van der Waals surface area contributed by atoms with Crippen LogP contribution in [0.5, 0.6) is 0 Å². The molecule has 2 heteroatoms. The van der Waals surface area contributed by atoms with Crippen molar-refractivity contribution in [3.8, 4) is 0 Å². The molecule has 72 valence electrons. The van der Waals surface area contributed by atoms with Crippen LogP contribution in [0.4, 0.5) is 5.69 Å². The maximum Gasteiger partial charge on any atom is 0.0343 e. The molecule has 0 heterocycles. The lowest BCUT2D eigenvalue weighted by atomic mass is 10.0. The van der Waals surface area contributed by atoms with Crippen LogP contribution < -0.4 is 11.5 Å². The molecule has 4 N–H and O–H groups in total. The minimum Gasteiger partial charge on any atom is -0.399 e. The van der Waals surface area contributed by atoms with Gasteiger partial charge in [0.05, 0.1) is 0 Å². The highest BCUT2D eigenvalue weighted by Crippen LogP contribution is 2.20. The highest BCUT2D eigenvalue weighted by Gasteiger charge is 2.05. The summed E-state index contributed by atoms with van der Waals surface area (Å²) in [6, 6.07) is 6.18. The van der Waals surface area contributed by atoms with E-state index in [9.17, 15) is 0 Å². The summed E-state index contributed by atoms with van der Waals surface area (Å²) in [5.41, 5.74) is 14.8. The van der Waals surface area contributed by atoms with Crippen LogP contribution in [-0.4, -0.2) is 0 Å². The van der Waals surface area contributed by atoms with Gasteiger partial charge in [-0.2, -0.15) is 0 Å². The van der Waals surface area contributed by atoms with Gasteiger partial charge in [0, 0.05) is 11.7 Å². The van der Waals surface area contributed by atoms with Crippen molar-refractivity contribution in [1.29, 1.82) is 0 Å². The predicted molar refractivity (Wildman–Crippen MR) is 57.4 cm³/mol. The van der Waals surface area contributed by atoms with Crippen molar-refractivity contribution in [2.24, 2.45) is 5.73 Å². The summed E-state index contributed by atoms with van der Waals surface area (Å²) in [5.74, 6) is 0. The average Bonchev–Trinajstić information content (AvgIpc) is 2.10. The Hall–Kier alpha value is -1.02. The second kappa shape index (κ2) is 4.28. The zero-order chi connectivity index (χ0) is 9.84. The van der Waals surface area contributed by atoms with Gasteiger partial charge in [0.2, 0.25) is 0 Å². The molecule has 1 unspecified atom stereocenters. The Kier molecular flexibility index (Phi) is 3.32. The fourth-order valence-corrected chi connectivity index (χ4v) is 1.41. The summed E-state index contributed by atoms with van der Waals surface area (Å²) in [7, 11) is 0. The molecule has 0 aromatic heterocycles. The van der Waals surface area contributed by atoms with Crippen molar-refractivity contribution < 1.29 is 0 Å². The van der Waals surface area contributed by atoms with Crippen molar-refractivity contribution >= 4 is 5.69 Å². The Balaban J connectivity index is 2.84. The first kappa shape index (κ1) is 10.1. The monoisotopic (exact) mass is 178 g/mol. The Morgan fingerprint density at radius 3 is 2.62 bits per heavy atom. The number of hydrogen-bond acceptors (Lipinski definition) is 2. The standard InChI is InChI=1S/C11H18N2/c1-3-4-11(13)9-5-6-10(12)8(2)7-9/h5-7,11H,3-4,12-13H2,1-2H3. The molecular weight excluding hydrogens is 160 g/mol. The Morgan fingerprint density at radius 2 is 2.08 bits per heavy atom. The van der Waals surface area contributed by atoms with E-state index < -0.39 is 0 Å². The molecule has 0 fully saturated rings. The van der Waals surface area contributed by atoms with E-state index in [-0.39, 0.29) is 6.04 Å². The van der Waals surface area contributed by atoms with Crippen molar-refractivity contribution in [3.63, 3.8) is 0 Å². The van der Waals surface area contributed by atoms with Crippen LogP contribution in [0.2, 0.25) is 0 Å². The molecule has 1 aromatic rings. The van der Waals surface area contributed by atoms with E-state index in [4.69, 9.17) is 11.5 Å². The van der Waals surface area contributed by atoms with E-state index in [2.05, 4.69) is 13.0 Å². The lowest BCUT2D eigenvalue weighted by Gasteiger charge is -2.12. The van der Waals surface area contributed by atoms with Crippen LogP contribution in [0.15, 0.2) is 18.2 Å². The first-order valence-electron chi connectivity index (χ1n) is 4.76. The van der Waals surface area contributed by atoms with Gasteiger partial charge in [-0.3, -0.25) is 0 Å². The SMILES string of the molecule is CCCC(N)c1ccc(N)c(C)c1. The third kappa shape index (κ3) is 2.46. The molecule has 2 nitrogen and oxygen atoms in total. The van der Waals surface area contributed by atoms with Gasteiger partial charge in [0.15, 0.2) is 0 Å². The van der Waals surface area contributed by atoms with Gasteiger partial charge in [-0.25, -0.2) is 0 Å². The number of anilines is 1. The van der Waals surface area contributed by atoms with Crippen LogP contribution in [0.1, 0.15) is 36.9 Å². The van der Waals surface area contributed by atoms with Crippen molar-refractivity contribution in [2.45, 2.75) is 32.7 Å². The molecule has 13 heavy (non-hydrogen) atoms. The van der Waals surface area contributed by atoms with E-state index in [0.29, 0.717) is 0 Å². The van der Waals surface area contributed by atoms with Crippen LogP contribution in [-0.2, 0) is 0 Å². The highest BCUT2D eigenvalue weighted by molar-refractivity contribution is 5.48. The molecule has 1 atom stereocenters. The van der Waals surface area contributed by atoms with Gasteiger partial charge in [-0.15, -0.1) is 0 Å². The lowest BCUT2D eigenvalue weighted by Crippen LogP contribution is -2.10. The first-order valence-corrected chi connectivity index (χ1v) is 4.76. The van der Waals surface area contributed by atoms with Crippen molar-refractivity contribution in [3.05, 3.63) is 29.3 Å². The van der Waals surface area contributed by atoms with Gasteiger partial charge in [-0.05, 0) is 30.5 Å². The van der Waals surface area contributed by atoms with Gasteiger partial charge < -0.3 is 11.5 Å². The molecule has 0 aliphatic rings. The van der Waals surface area contributed by atoms with Gasteiger partial charge in [0.1, 0.15) is 0 Å². The number of aryl methyl sites for hydroxylation is 1. The minimum absolute atomic E-state index is 0.157. The van der Waals surface area contributed by atoms with Crippen LogP contribution in [0, 0.1) is 6.92 Å². The zero-order valence-electron chi connectivity index (χ0n) is 8.38. The molecule has 0 spiro atoms. The summed E-state index contributed by atoms with van der Waals surface area (Å²) < 4.78 is 0. The number of benzene rings is 1. The van der Waals surface area contributed by atoms with Crippen molar-refractivity contribution in [1.82, 2.24) is 0 Å². The number of rotatable bonds is 3. The van der Waals surface area contributed by atoms with Gasteiger partial charge in [0.25, 0.3) is 0 Å². The van der Waals surface area contributed by atoms with Crippen LogP contribution in [0.3, 0.4) is 0 Å². The molecule has 0 aliphatic heterocycles. The Bertz CT molecular complexity index is 281. The summed E-state index contributed by atoms with van der Waals surface area (Å²) in [6.07, 6.45) is 2.15. The second-order valence-corrected chi connectivity index (χ2v) is 3.51. The Labute approximate surface area is 79.9 Å². The van der Waals surface area contributed by atoms with E-state index in [1.54, 1.807) is 0 Å². The Morgan fingerprint density at radius 1 is 1.38 bits per heavy atom. The summed E-state index contributed by atoms with van der Waals surface area (Å²) in [5, 5.41) is 0. The van der Waals surface area contributed by atoms with Crippen LogP contribution >= 0.6 is 0 Å². The minimum atomic E-state index is 0.157. The number of nitrogens with two attached hydrogens (primary N) is 2. The predicted octanol–water partition coefficient (Wildman–Crippen LogP) is 2.38. The van der Waals surface area contributed by atoms with Crippen LogP contribution in [0.25, 0.3) is 0 Å². The third-order valence-corrected chi connectivity index (χ3v) is 2.32. The molecule has 0 amide bonds. The molecule has 0 saturated carbocycles. The molecular formula is C11H18N2. The normalized spacial score (nSPS) is 12.8. The summed E-state index contributed by atoms with van der Waals surface area (Å²) in [6.45, 7) is 4.15. The smallest absolute Gasteiger partial charge is 0.0343 e. The van der Waals surface area contributed by atoms with E-state index >= 15 is 0 Å². The second-order valence-electron chi connectivity index (χ2n) is 3.51. The number of hydrogen-bond donors (Lipinski definition) is 2. The largest absolute Gasteiger partial charge is 0.399 e. The van der Waals surface area contributed by atoms with Crippen molar-refractivity contribution in [2.75, 3.05) is 5.73 Å². The molecule has 0 bridgehead atoms. The summed E-state index contributed by atoms with van der Waals surface area (Å²) >= 11 is 0. The first-order chi connectivity index (χ1) is 6.15. The molecule has 0 saturated heterocycles. The third-order valence-electron chi connectivity index (χ3n) is 2.32. The quantitative estimate of drug-likeness (QED) is 0.698. The highest BCUT2D eigenvalue weighted by atomic mass is 14.6. The fourth-order valence-electron chi connectivity index (χ4n) is 1.41. The topological polar surface area (TPSA) is 52.0 Å². The molecule has 0 aliphatic carbocycles.